The maximum atomic E-state index is 11.8. The van der Waals surface area contributed by atoms with Gasteiger partial charge in [-0.2, -0.15) is 5.10 Å². The number of hydrazone groups is 1. The molecule has 1 N–H and O–H groups in total. The first kappa shape index (κ1) is 17.3. The SMILES string of the molecule is CC(C)c1ccc(/C=N/NC(=O)Cc2ccc([N+](=O)[O-])cc2)cc1. The fourth-order valence-electron chi connectivity index (χ4n) is 2.11. The third kappa shape index (κ3) is 5.01. The second-order valence-electron chi connectivity index (χ2n) is 5.71. The fraction of sp³-hybridized carbons (Fsp3) is 0.222. The second kappa shape index (κ2) is 8.01. The molecule has 0 aliphatic rings. The van der Waals surface area contributed by atoms with Gasteiger partial charge in [0.1, 0.15) is 0 Å². The van der Waals surface area contributed by atoms with Gasteiger partial charge in [-0.05, 0) is 22.6 Å². The standard InChI is InChI=1S/C18H19N3O3/c1-13(2)16-7-3-15(4-8-16)12-19-20-18(22)11-14-5-9-17(10-6-14)21(23)24/h3-10,12-13H,11H2,1-2H3,(H,20,22)/b19-12+. The summed E-state index contributed by atoms with van der Waals surface area (Å²) in [4.78, 5) is 21.9. The summed E-state index contributed by atoms with van der Waals surface area (Å²) in [6.45, 7) is 4.25. The van der Waals surface area contributed by atoms with Gasteiger partial charge in [0.15, 0.2) is 0 Å². The van der Waals surface area contributed by atoms with Gasteiger partial charge in [-0.3, -0.25) is 14.9 Å². The molecule has 0 saturated carbocycles. The molecule has 0 aliphatic heterocycles. The zero-order valence-electron chi connectivity index (χ0n) is 13.6. The quantitative estimate of drug-likeness (QED) is 0.502. The molecule has 24 heavy (non-hydrogen) atoms. The van der Waals surface area contributed by atoms with Crippen molar-refractivity contribution in [1.29, 1.82) is 0 Å². The Morgan fingerprint density at radius 1 is 1.17 bits per heavy atom. The Labute approximate surface area is 140 Å². The lowest BCUT2D eigenvalue weighted by molar-refractivity contribution is -0.384. The summed E-state index contributed by atoms with van der Waals surface area (Å²) in [7, 11) is 0. The number of hydrogen-bond acceptors (Lipinski definition) is 4. The number of non-ortho nitro benzene ring substituents is 1. The van der Waals surface area contributed by atoms with E-state index in [1.165, 1.54) is 17.7 Å². The number of nitrogens with one attached hydrogen (secondary N) is 1. The molecule has 124 valence electrons. The Morgan fingerprint density at radius 3 is 2.33 bits per heavy atom. The molecular formula is C18H19N3O3. The van der Waals surface area contributed by atoms with Crippen LogP contribution in [-0.2, 0) is 11.2 Å². The minimum absolute atomic E-state index is 0.00187. The molecule has 0 aromatic heterocycles. The van der Waals surface area contributed by atoms with Crippen LogP contribution in [0.4, 0.5) is 5.69 Å². The Balaban J connectivity index is 1.87. The largest absolute Gasteiger partial charge is 0.273 e. The van der Waals surface area contributed by atoms with Crippen LogP contribution >= 0.6 is 0 Å². The summed E-state index contributed by atoms with van der Waals surface area (Å²) in [6, 6.07) is 13.8. The van der Waals surface area contributed by atoms with Crippen LogP contribution in [-0.4, -0.2) is 17.0 Å². The summed E-state index contributed by atoms with van der Waals surface area (Å²) in [5.41, 5.74) is 5.29. The highest BCUT2D eigenvalue weighted by atomic mass is 16.6. The number of carbonyl (C=O) groups excluding carboxylic acids is 1. The average Bonchev–Trinajstić information content (AvgIpc) is 2.55. The van der Waals surface area contributed by atoms with Gasteiger partial charge in [0.2, 0.25) is 5.91 Å². The first-order valence-corrected chi connectivity index (χ1v) is 7.61. The van der Waals surface area contributed by atoms with Gasteiger partial charge in [-0.1, -0.05) is 50.2 Å². The van der Waals surface area contributed by atoms with Gasteiger partial charge in [0.25, 0.3) is 5.69 Å². The van der Waals surface area contributed by atoms with Crippen LogP contribution in [0.15, 0.2) is 53.6 Å². The van der Waals surface area contributed by atoms with E-state index in [-0.39, 0.29) is 18.0 Å². The van der Waals surface area contributed by atoms with E-state index in [0.29, 0.717) is 11.5 Å². The minimum atomic E-state index is -0.474. The molecule has 0 spiro atoms. The van der Waals surface area contributed by atoms with Crippen molar-refractivity contribution in [3.63, 3.8) is 0 Å². The maximum Gasteiger partial charge on any atom is 0.269 e. The van der Waals surface area contributed by atoms with E-state index in [9.17, 15) is 14.9 Å². The van der Waals surface area contributed by atoms with Crippen LogP contribution < -0.4 is 5.43 Å². The molecule has 2 aromatic carbocycles. The molecule has 0 saturated heterocycles. The van der Waals surface area contributed by atoms with Gasteiger partial charge in [-0.15, -0.1) is 0 Å². The molecule has 1 amide bonds. The number of amides is 1. The molecule has 6 nitrogen and oxygen atoms in total. The fourth-order valence-corrected chi connectivity index (χ4v) is 2.11. The van der Waals surface area contributed by atoms with Crippen LogP contribution in [0.25, 0.3) is 0 Å². The molecule has 0 bridgehead atoms. The Bertz CT molecular complexity index is 735. The first-order chi connectivity index (χ1) is 11.5. The third-order valence-corrected chi connectivity index (χ3v) is 3.52. The van der Waals surface area contributed by atoms with Crippen molar-refractivity contribution in [3.05, 3.63) is 75.3 Å². The van der Waals surface area contributed by atoms with E-state index in [0.717, 1.165) is 5.56 Å². The molecule has 0 unspecified atom stereocenters. The topological polar surface area (TPSA) is 84.6 Å². The summed E-state index contributed by atoms with van der Waals surface area (Å²) in [5, 5.41) is 14.5. The smallest absolute Gasteiger partial charge is 0.269 e. The predicted octanol–water partition coefficient (Wildman–Crippen LogP) is 3.41. The molecule has 0 atom stereocenters. The molecule has 0 fully saturated rings. The molecule has 0 radical (unpaired) electrons. The lowest BCUT2D eigenvalue weighted by atomic mass is 10.0. The number of nitrogens with zero attached hydrogens (tertiary/aromatic N) is 2. The first-order valence-electron chi connectivity index (χ1n) is 7.61. The molecule has 6 heteroatoms. The van der Waals surface area contributed by atoms with Crippen LogP contribution in [0, 0.1) is 10.1 Å². The highest BCUT2D eigenvalue weighted by Gasteiger charge is 2.06. The second-order valence-corrected chi connectivity index (χ2v) is 5.71. The van der Waals surface area contributed by atoms with Gasteiger partial charge in [-0.25, -0.2) is 5.43 Å². The van der Waals surface area contributed by atoms with Crippen LogP contribution in [0.2, 0.25) is 0 Å². The number of hydrogen-bond donors (Lipinski definition) is 1. The van der Waals surface area contributed by atoms with E-state index in [2.05, 4.69) is 24.4 Å². The van der Waals surface area contributed by atoms with E-state index in [1.54, 1.807) is 18.3 Å². The van der Waals surface area contributed by atoms with Crippen LogP contribution in [0.3, 0.4) is 0 Å². The monoisotopic (exact) mass is 325 g/mol. The number of rotatable bonds is 6. The van der Waals surface area contributed by atoms with Crippen molar-refractivity contribution in [3.8, 4) is 0 Å². The minimum Gasteiger partial charge on any atom is -0.273 e. The lowest BCUT2D eigenvalue weighted by Gasteiger charge is -2.04. The molecule has 2 aromatic rings. The molecule has 0 heterocycles. The number of nitro groups is 1. The molecular weight excluding hydrogens is 306 g/mol. The van der Waals surface area contributed by atoms with E-state index in [4.69, 9.17) is 0 Å². The Hall–Kier alpha value is -3.02. The van der Waals surface area contributed by atoms with Gasteiger partial charge < -0.3 is 0 Å². The summed E-state index contributed by atoms with van der Waals surface area (Å²) in [5.74, 6) is 0.191. The Morgan fingerprint density at radius 2 is 1.79 bits per heavy atom. The predicted molar refractivity (Wildman–Crippen MR) is 93.1 cm³/mol. The number of nitro benzene ring substituents is 1. The highest BCUT2D eigenvalue weighted by Crippen LogP contribution is 2.14. The normalized spacial score (nSPS) is 11.0. The van der Waals surface area contributed by atoms with Crippen molar-refractivity contribution in [1.82, 2.24) is 5.43 Å². The molecule has 0 aliphatic carbocycles. The Kier molecular flexibility index (Phi) is 5.78. The van der Waals surface area contributed by atoms with Crippen LogP contribution in [0.1, 0.15) is 36.5 Å². The van der Waals surface area contributed by atoms with E-state index >= 15 is 0 Å². The van der Waals surface area contributed by atoms with Crippen molar-refractivity contribution in [2.75, 3.05) is 0 Å². The lowest BCUT2D eigenvalue weighted by Crippen LogP contribution is -2.19. The number of carbonyl (C=O) groups is 1. The van der Waals surface area contributed by atoms with Gasteiger partial charge in [0, 0.05) is 12.1 Å². The van der Waals surface area contributed by atoms with Crippen molar-refractivity contribution < 1.29 is 9.72 Å². The van der Waals surface area contributed by atoms with E-state index in [1.807, 2.05) is 24.3 Å². The van der Waals surface area contributed by atoms with Crippen molar-refractivity contribution >= 4 is 17.8 Å². The van der Waals surface area contributed by atoms with E-state index < -0.39 is 4.92 Å². The third-order valence-electron chi connectivity index (χ3n) is 3.52. The average molecular weight is 325 g/mol. The summed E-state index contributed by atoms with van der Waals surface area (Å²) < 4.78 is 0. The maximum absolute atomic E-state index is 11.8. The van der Waals surface area contributed by atoms with Crippen molar-refractivity contribution in [2.24, 2.45) is 5.10 Å². The van der Waals surface area contributed by atoms with Gasteiger partial charge in [0.05, 0.1) is 17.6 Å². The highest BCUT2D eigenvalue weighted by molar-refractivity contribution is 5.83. The molecule has 2 rings (SSSR count). The summed E-state index contributed by atoms with van der Waals surface area (Å²) >= 11 is 0. The zero-order valence-corrected chi connectivity index (χ0v) is 13.6. The summed E-state index contributed by atoms with van der Waals surface area (Å²) in [6.07, 6.45) is 1.69. The zero-order chi connectivity index (χ0) is 17.5. The van der Waals surface area contributed by atoms with Crippen LogP contribution in [0.5, 0.6) is 0 Å². The number of benzene rings is 2. The van der Waals surface area contributed by atoms with Crippen molar-refractivity contribution in [2.45, 2.75) is 26.2 Å². The van der Waals surface area contributed by atoms with Gasteiger partial charge >= 0.3 is 0 Å².